The summed E-state index contributed by atoms with van der Waals surface area (Å²) in [6.07, 6.45) is 0.0706. The zero-order valence-corrected chi connectivity index (χ0v) is 14.1. The van der Waals surface area contributed by atoms with Gasteiger partial charge < -0.3 is 14.6 Å². The minimum atomic E-state index is -0.738. The van der Waals surface area contributed by atoms with E-state index in [1.54, 1.807) is 30.3 Å². The fourth-order valence-electron chi connectivity index (χ4n) is 3.18. The molecule has 1 saturated heterocycles. The molecule has 0 aliphatic carbocycles. The first-order chi connectivity index (χ1) is 13.0. The molecule has 0 bridgehead atoms. The second kappa shape index (κ2) is 6.68. The van der Waals surface area contributed by atoms with Crippen molar-refractivity contribution < 1.29 is 18.4 Å². The minimum Gasteiger partial charge on any atom is -0.422 e. The Morgan fingerprint density at radius 2 is 1.93 bits per heavy atom. The van der Waals surface area contributed by atoms with Crippen LogP contribution < -0.4 is 15.8 Å². The van der Waals surface area contributed by atoms with Gasteiger partial charge in [-0.1, -0.05) is 24.3 Å². The maximum absolute atomic E-state index is 13.4. The van der Waals surface area contributed by atoms with Crippen LogP contribution in [-0.4, -0.2) is 24.4 Å². The first kappa shape index (κ1) is 17.0. The average molecular weight is 366 g/mol. The second-order valence-corrected chi connectivity index (χ2v) is 6.34. The smallest absolute Gasteiger partial charge is 0.349 e. The molecule has 27 heavy (non-hydrogen) atoms. The van der Waals surface area contributed by atoms with Gasteiger partial charge in [0.2, 0.25) is 5.91 Å². The number of amides is 2. The van der Waals surface area contributed by atoms with E-state index in [0.29, 0.717) is 16.7 Å². The number of hydrogen-bond donors (Lipinski definition) is 1. The van der Waals surface area contributed by atoms with E-state index in [1.165, 1.54) is 29.2 Å². The third-order valence-corrected chi connectivity index (χ3v) is 4.47. The van der Waals surface area contributed by atoms with E-state index >= 15 is 0 Å². The summed E-state index contributed by atoms with van der Waals surface area (Å²) >= 11 is 0. The lowest BCUT2D eigenvalue weighted by Crippen LogP contribution is -2.39. The number of nitrogens with one attached hydrogen (secondary N) is 1. The van der Waals surface area contributed by atoms with Gasteiger partial charge in [0.25, 0.3) is 5.91 Å². The molecule has 1 atom stereocenters. The van der Waals surface area contributed by atoms with Gasteiger partial charge in [-0.25, -0.2) is 9.18 Å². The number of anilines is 1. The predicted molar refractivity (Wildman–Crippen MR) is 97.1 cm³/mol. The fourth-order valence-corrected chi connectivity index (χ4v) is 3.18. The highest BCUT2D eigenvalue weighted by Crippen LogP contribution is 2.22. The van der Waals surface area contributed by atoms with Crippen molar-refractivity contribution in [2.45, 2.75) is 12.5 Å². The molecule has 0 saturated carbocycles. The van der Waals surface area contributed by atoms with Crippen molar-refractivity contribution in [2.24, 2.45) is 0 Å². The Hall–Kier alpha value is -3.48. The van der Waals surface area contributed by atoms with Crippen molar-refractivity contribution >= 4 is 28.5 Å². The van der Waals surface area contributed by atoms with Crippen LogP contribution in [0.1, 0.15) is 16.8 Å². The third kappa shape index (κ3) is 3.31. The van der Waals surface area contributed by atoms with Crippen LogP contribution in [0.25, 0.3) is 11.0 Å². The molecule has 1 aromatic heterocycles. The van der Waals surface area contributed by atoms with Crippen LogP contribution in [0.3, 0.4) is 0 Å². The SMILES string of the molecule is O=C(NC1CC(=O)N(c2cccc(F)c2)C1)c1cc2ccccc2oc1=O. The Bertz CT molecular complexity index is 1110. The first-order valence-corrected chi connectivity index (χ1v) is 8.41. The molecule has 7 heteroatoms. The molecule has 2 amide bonds. The number of carbonyl (C=O) groups excluding carboxylic acids is 2. The van der Waals surface area contributed by atoms with Crippen LogP contribution in [0.5, 0.6) is 0 Å². The molecule has 3 aromatic rings. The predicted octanol–water partition coefficient (Wildman–Crippen LogP) is 2.47. The van der Waals surface area contributed by atoms with Crippen LogP contribution in [0.15, 0.2) is 63.8 Å². The monoisotopic (exact) mass is 366 g/mol. The topological polar surface area (TPSA) is 79.6 Å². The van der Waals surface area contributed by atoms with E-state index in [0.717, 1.165) is 0 Å². The van der Waals surface area contributed by atoms with Gasteiger partial charge in [-0.3, -0.25) is 9.59 Å². The zero-order chi connectivity index (χ0) is 19.0. The van der Waals surface area contributed by atoms with Gasteiger partial charge in [0.1, 0.15) is 17.0 Å². The number of para-hydroxylation sites is 1. The molecule has 1 aliphatic heterocycles. The highest BCUT2D eigenvalue weighted by Gasteiger charge is 2.32. The summed E-state index contributed by atoms with van der Waals surface area (Å²) in [6.45, 7) is 0.201. The Balaban J connectivity index is 1.53. The maximum atomic E-state index is 13.4. The second-order valence-electron chi connectivity index (χ2n) is 6.34. The lowest BCUT2D eigenvalue weighted by molar-refractivity contribution is -0.117. The molecule has 2 heterocycles. The molecule has 136 valence electrons. The minimum absolute atomic E-state index is 0.0706. The molecule has 1 fully saturated rings. The molecule has 1 unspecified atom stereocenters. The van der Waals surface area contributed by atoms with Crippen LogP contribution in [0.2, 0.25) is 0 Å². The molecule has 1 N–H and O–H groups in total. The van der Waals surface area contributed by atoms with Crippen LogP contribution in [-0.2, 0) is 4.79 Å². The van der Waals surface area contributed by atoms with E-state index in [4.69, 9.17) is 4.42 Å². The van der Waals surface area contributed by atoms with Gasteiger partial charge in [0, 0.05) is 24.0 Å². The summed E-state index contributed by atoms with van der Waals surface area (Å²) in [4.78, 5) is 38.2. The van der Waals surface area contributed by atoms with E-state index in [9.17, 15) is 18.8 Å². The largest absolute Gasteiger partial charge is 0.422 e. The Kier molecular flexibility index (Phi) is 4.19. The fraction of sp³-hybridized carbons (Fsp3) is 0.150. The van der Waals surface area contributed by atoms with Crippen molar-refractivity contribution in [1.29, 1.82) is 0 Å². The summed E-state index contributed by atoms with van der Waals surface area (Å²) in [5.74, 6) is -1.27. The van der Waals surface area contributed by atoms with Gasteiger partial charge in [-0.15, -0.1) is 0 Å². The molecule has 0 spiro atoms. The normalized spacial score (nSPS) is 16.7. The number of carbonyl (C=O) groups is 2. The van der Waals surface area contributed by atoms with Crippen molar-refractivity contribution in [3.8, 4) is 0 Å². The maximum Gasteiger partial charge on any atom is 0.349 e. The number of nitrogens with zero attached hydrogens (tertiary/aromatic N) is 1. The van der Waals surface area contributed by atoms with E-state index in [-0.39, 0.29) is 24.4 Å². The molecule has 2 aromatic carbocycles. The quantitative estimate of drug-likeness (QED) is 0.722. The number of benzene rings is 2. The van der Waals surface area contributed by atoms with E-state index in [2.05, 4.69) is 5.32 Å². The Labute approximate surface area is 153 Å². The Morgan fingerprint density at radius 3 is 2.74 bits per heavy atom. The van der Waals surface area contributed by atoms with E-state index in [1.807, 2.05) is 0 Å². The molecule has 4 rings (SSSR count). The van der Waals surface area contributed by atoms with Gasteiger partial charge >= 0.3 is 5.63 Å². The number of fused-ring (bicyclic) bond motifs is 1. The summed E-state index contributed by atoms with van der Waals surface area (Å²) in [5, 5.41) is 3.32. The summed E-state index contributed by atoms with van der Waals surface area (Å²) in [6, 6.07) is 13.6. The van der Waals surface area contributed by atoms with Gasteiger partial charge in [0.15, 0.2) is 0 Å². The molecular formula is C20H15FN2O4. The highest BCUT2D eigenvalue weighted by molar-refractivity contribution is 5.99. The van der Waals surface area contributed by atoms with Gasteiger partial charge in [-0.2, -0.15) is 0 Å². The summed E-state index contributed by atoms with van der Waals surface area (Å²) < 4.78 is 18.6. The third-order valence-electron chi connectivity index (χ3n) is 4.47. The van der Waals surface area contributed by atoms with Crippen molar-refractivity contribution in [3.05, 3.63) is 76.4 Å². The number of hydrogen-bond acceptors (Lipinski definition) is 4. The first-order valence-electron chi connectivity index (χ1n) is 8.41. The van der Waals surface area contributed by atoms with E-state index < -0.39 is 23.4 Å². The van der Waals surface area contributed by atoms with Crippen molar-refractivity contribution in [1.82, 2.24) is 5.32 Å². The standard InChI is InChI=1S/C20H15FN2O4/c21-13-5-3-6-15(9-13)23-11-14(10-18(23)24)22-19(25)16-8-12-4-1-2-7-17(12)27-20(16)26/h1-9,14H,10-11H2,(H,22,25). The summed E-state index contributed by atoms with van der Waals surface area (Å²) in [5.41, 5.74) is -0.0304. The van der Waals surface area contributed by atoms with Crippen LogP contribution >= 0.6 is 0 Å². The molecular weight excluding hydrogens is 351 g/mol. The average Bonchev–Trinajstić information content (AvgIpc) is 3.01. The van der Waals surface area contributed by atoms with Crippen molar-refractivity contribution in [3.63, 3.8) is 0 Å². The highest BCUT2D eigenvalue weighted by atomic mass is 19.1. The Morgan fingerprint density at radius 1 is 1.11 bits per heavy atom. The van der Waals surface area contributed by atoms with Crippen LogP contribution in [0.4, 0.5) is 10.1 Å². The molecule has 6 nitrogen and oxygen atoms in total. The van der Waals surface area contributed by atoms with Crippen molar-refractivity contribution in [2.75, 3.05) is 11.4 Å². The lowest BCUT2D eigenvalue weighted by Gasteiger charge is -2.17. The number of rotatable bonds is 3. The lowest BCUT2D eigenvalue weighted by atomic mass is 10.1. The van der Waals surface area contributed by atoms with Gasteiger partial charge in [0.05, 0.1) is 6.04 Å². The summed E-state index contributed by atoms with van der Waals surface area (Å²) in [7, 11) is 0. The molecule has 0 radical (unpaired) electrons. The zero-order valence-electron chi connectivity index (χ0n) is 14.1. The van der Waals surface area contributed by atoms with Crippen LogP contribution in [0, 0.1) is 5.82 Å². The molecule has 1 aliphatic rings. The van der Waals surface area contributed by atoms with Gasteiger partial charge in [-0.05, 0) is 30.3 Å². The number of halogens is 1.